The minimum atomic E-state index is 0.624. The Hall–Kier alpha value is -1.82. The number of allylic oxidation sites excluding steroid dienone is 1. The first-order valence-electron chi connectivity index (χ1n) is 8.29. The third-order valence-electron chi connectivity index (χ3n) is 5.01. The number of rotatable bonds is 2. The average molecular weight is 290 g/mol. The molecule has 0 aliphatic heterocycles. The minimum absolute atomic E-state index is 0.624. The summed E-state index contributed by atoms with van der Waals surface area (Å²) < 4.78 is 0. The second-order valence-electron chi connectivity index (χ2n) is 7.19. The average Bonchev–Trinajstić information content (AvgIpc) is 2.87. The van der Waals surface area contributed by atoms with E-state index in [1.165, 1.54) is 44.5 Å². The monoisotopic (exact) mass is 290 g/mol. The summed E-state index contributed by atoms with van der Waals surface area (Å²) in [5, 5.41) is 0. The van der Waals surface area contributed by atoms with Crippen molar-refractivity contribution in [2.24, 2.45) is 5.92 Å². The van der Waals surface area contributed by atoms with Gasteiger partial charge < -0.3 is 0 Å². The smallest absolute Gasteiger partial charge is 0.00523 e. The van der Waals surface area contributed by atoms with Gasteiger partial charge in [-0.05, 0) is 73.4 Å². The first-order chi connectivity index (χ1) is 10.4. The van der Waals surface area contributed by atoms with Crippen LogP contribution in [0.1, 0.15) is 47.2 Å². The fourth-order valence-electron chi connectivity index (χ4n) is 3.58. The highest BCUT2D eigenvalue weighted by molar-refractivity contribution is 5.83. The molecule has 0 nitrogen and oxygen atoms in total. The van der Waals surface area contributed by atoms with Gasteiger partial charge >= 0.3 is 0 Å². The third kappa shape index (κ3) is 2.52. The number of fused-ring (bicyclic) bond motifs is 1. The summed E-state index contributed by atoms with van der Waals surface area (Å²) in [5.74, 6) is 0.624. The molecule has 2 aromatic carbocycles. The highest BCUT2D eigenvalue weighted by Crippen LogP contribution is 2.39. The van der Waals surface area contributed by atoms with Gasteiger partial charge in [-0.25, -0.2) is 0 Å². The molecule has 3 rings (SSSR count). The molecule has 0 radical (unpaired) electrons. The van der Waals surface area contributed by atoms with Gasteiger partial charge in [0.15, 0.2) is 0 Å². The Morgan fingerprint density at radius 1 is 0.864 bits per heavy atom. The predicted octanol–water partition coefficient (Wildman–Crippen LogP) is 6.18. The van der Waals surface area contributed by atoms with E-state index in [1.807, 2.05) is 0 Å². The third-order valence-corrected chi connectivity index (χ3v) is 5.01. The molecule has 0 fully saturated rings. The fourth-order valence-corrected chi connectivity index (χ4v) is 3.58. The van der Waals surface area contributed by atoms with Crippen molar-refractivity contribution in [2.75, 3.05) is 0 Å². The molecule has 0 saturated heterocycles. The van der Waals surface area contributed by atoms with Crippen molar-refractivity contribution in [2.45, 2.75) is 48.0 Å². The van der Waals surface area contributed by atoms with E-state index >= 15 is 0 Å². The van der Waals surface area contributed by atoms with E-state index in [4.69, 9.17) is 0 Å². The topological polar surface area (TPSA) is 0 Å². The van der Waals surface area contributed by atoms with Crippen molar-refractivity contribution in [3.63, 3.8) is 0 Å². The highest BCUT2D eigenvalue weighted by atomic mass is 14.3. The van der Waals surface area contributed by atoms with E-state index in [1.54, 1.807) is 5.57 Å². The summed E-state index contributed by atoms with van der Waals surface area (Å²) in [4.78, 5) is 0. The van der Waals surface area contributed by atoms with Gasteiger partial charge in [0.1, 0.15) is 0 Å². The number of hydrogen-bond acceptors (Lipinski definition) is 0. The van der Waals surface area contributed by atoms with E-state index < -0.39 is 0 Å². The van der Waals surface area contributed by atoms with Crippen molar-refractivity contribution in [3.8, 4) is 11.1 Å². The van der Waals surface area contributed by atoms with E-state index in [0.29, 0.717) is 5.92 Å². The van der Waals surface area contributed by atoms with Crippen molar-refractivity contribution >= 4 is 6.08 Å². The predicted molar refractivity (Wildman–Crippen MR) is 97.3 cm³/mol. The van der Waals surface area contributed by atoms with E-state index in [9.17, 15) is 0 Å². The van der Waals surface area contributed by atoms with Crippen molar-refractivity contribution in [1.82, 2.24) is 0 Å². The first kappa shape index (κ1) is 15.1. The number of aryl methyl sites for hydroxylation is 3. The van der Waals surface area contributed by atoms with Crippen LogP contribution in [0.5, 0.6) is 0 Å². The first-order valence-corrected chi connectivity index (χ1v) is 8.29. The van der Waals surface area contributed by atoms with Crippen LogP contribution in [-0.2, 0) is 6.42 Å². The largest absolute Gasteiger partial charge is 0.0626 e. The van der Waals surface area contributed by atoms with Gasteiger partial charge in [-0.1, -0.05) is 60.9 Å². The van der Waals surface area contributed by atoms with Gasteiger partial charge in [-0.3, -0.25) is 0 Å². The summed E-state index contributed by atoms with van der Waals surface area (Å²) in [7, 11) is 0. The van der Waals surface area contributed by atoms with Crippen LogP contribution >= 0.6 is 0 Å². The van der Waals surface area contributed by atoms with Crippen LogP contribution < -0.4 is 0 Å². The summed E-state index contributed by atoms with van der Waals surface area (Å²) in [6.07, 6.45) is 3.57. The van der Waals surface area contributed by atoms with Crippen LogP contribution in [0.15, 0.2) is 29.8 Å². The van der Waals surface area contributed by atoms with Crippen LogP contribution in [0.2, 0.25) is 0 Å². The molecular formula is C22H26. The normalized spacial score (nSPS) is 13.5. The van der Waals surface area contributed by atoms with Gasteiger partial charge in [0.05, 0.1) is 0 Å². The lowest BCUT2D eigenvalue weighted by Crippen LogP contribution is -1.98. The standard InChI is InChI=1S/C22H26/c1-13(2)18-11-20-17(6)16(5)10-21(22(20)12-18)19-8-14(3)7-15(4)9-19/h7-10,12-13H,11H2,1-6H3. The zero-order valence-electron chi connectivity index (χ0n) is 14.7. The van der Waals surface area contributed by atoms with Crippen molar-refractivity contribution < 1.29 is 0 Å². The molecule has 0 heteroatoms. The molecule has 1 aliphatic rings. The zero-order valence-corrected chi connectivity index (χ0v) is 14.7. The lowest BCUT2D eigenvalue weighted by molar-refractivity contribution is 0.753. The Bertz CT molecular complexity index is 753. The molecule has 0 amide bonds. The van der Waals surface area contributed by atoms with Crippen LogP contribution in [0, 0.1) is 33.6 Å². The molecule has 0 atom stereocenters. The molecule has 0 bridgehead atoms. The summed E-state index contributed by atoms with van der Waals surface area (Å²) in [6, 6.07) is 9.26. The summed E-state index contributed by atoms with van der Waals surface area (Å²) >= 11 is 0. The van der Waals surface area contributed by atoms with Gasteiger partial charge in [-0.2, -0.15) is 0 Å². The summed E-state index contributed by atoms with van der Waals surface area (Å²) in [5.41, 5.74) is 12.9. The molecule has 0 aromatic heterocycles. The van der Waals surface area contributed by atoms with Gasteiger partial charge in [0.25, 0.3) is 0 Å². The molecule has 1 aliphatic carbocycles. The molecule has 114 valence electrons. The second-order valence-corrected chi connectivity index (χ2v) is 7.19. The SMILES string of the molecule is Cc1cc(C)cc(-c2cc(C)c(C)c3c2C=C(C(C)C)C3)c1. The Kier molecular flexibility index (Phi) is 3.72. The molecule has 22 heavy (non-hydrogen) atoms. The van der Waals surface area contributed by atoms with Crippen LogP contribution in [0.4, 0.5) is 0 Å². The molecule has 0 N–H and O–H groups in total. The van der Waals surface area contributed by atoms with Crippen molar-refractivity contribution in [1.29, 1.82) is 0 Å². The van der Waals surface area contributed by atoms with E-state index in [2.05, 4.69) is 71.9 Å². The number of benzene rings is 2. The Balaban J connectivity index is 2.25. The van der Waals surface area contributed by atoms with E-state index in [0.717, 1.165) is 6.42 Å². The van der Waals surface area contributed by atoms with Gasteiger partial charge in [-0.15, -0.1) is 0 Å². The van der Waals surface area contributed by atoms with Gasteiger partial charge in [0.2, 0.25) is 0 Å². The summed E-state index contributed by atoms with van der Waals surface area (Å²) in [6.45, 7) is 13.5. The van der Waals surface area contributed by atoms with Gasteiger partial charge in [0, 0.05) is 0 Å². The molecule has 0 spiro atoms. The van der Waals surface area contributed by atoms with Crippen LogP contribution in [0.25, 0.3) is 17.2 Å². The second kappa shape index (κ2) is 5.43. The zero-order chi connectivity index (χ0) is 16.0. The maximum Gasteiger partial charge on any atom is -0.00523 e. The lowest BCUT2D eigenvalue weighted by atomic mass is 9.89. The Morgan fingerprint density at radius 2 is 1.50 bits per heavy atom. The molecule has 0 saturated carbocycles. The Labute approximate surface area is 134 Å². The minimum Gasteiger partial charge on any atom is -0.0626 e. The number of hydrogen-bond donors (Lipinski definition) is 0. The maximum absolute atomic E-state index is 2.44. The Morgan fingerprint density at radius 3 is 2.09 bits per heavy atom. The molecule has 2 aromatic rings. The van der Waals surface area contributed by atoms with E-state index in [-0.39, 0.29) is 0 Å². The van der Waals surface area contributed by atoms with Crippen LogP contribution in [0.3, 0.4) is 0 Å². The lowest BCUT2D eigenvalue weighted by Gasteiger charge is -2.15. The quantitative estimate of drug-likeness (QED) is 0.619. The fraction of sp³-hybridized carbons (Fsp3) is 0.364. The molecular weight excluding hydrogens is 264 g/mol. The molecule has 0 heterocycles. The van der Waals surface area contributed by atoms with Crippen LogP contribution in [-0.4, -0.2) is 0 Å². The van der Waals surface area contributed by atoms with Crippen molar-refractivity contribution in [3.05, 3.63) is 63.2 Å². The maximum atomic E-state index is 2.44. The molecule has 0 unspecified atom stereocenters. The highest BCUT2D eigenvalue weighted by Gasteiger charge is 2.21.